The summed E-state index contributed by atoms with van der Waals surface area (Å²) in [6, 6.07) is 10.0. The number of methoxy groups -OCH3 is 2. The van der Waals surface area contributed by atoms with E-state index in [1.807, 2.05) is 24.3 Å². The Morgan fingerprint density at radius 2 is 1.80 bits per heavy atom. The Hall–Kier alpha value is -2.69. The minimum Gasteiger partial charge on any atom is -0.493 e. The molecule has 3 aromatic rings. The molecule has 2 heterocycles. The highest BCUT2D eigenvalue weighted by atomic mass is 16.5. The Morgan fingerprint density at radius 1 is 1.00 bits per heavy atom. The van der Waals surface area contributed by atoms with Gasteiger partial charge in [-0.3, -0.25) is 0 Å². The van der Waals surface area contributed by atoms with Crippen molar-refractivity contribution in [1.29, 1.82) is 0 Å². The maximum atomic E-state index is 5.37. The molecule has 130 valence electrons. The SMILES string of the molecule is COc1ccc(Nc2ccc3c4c(n(C)c3n2)CCCC4)cc1OC. The lowest BCUT2D eigenvalue weighted by Crippen LogP contribution is -2.05. The van der Waals surface area contributed by atoms with E-state index in [-0.39, 0.29) is 0 Å². The van der Waals surface area contributed by atoms with Gasteiger partial charge in [0, 0.05) is 29.9 Å². The first-order chi connectivity index (χ1) is 12.2. The number of benzene rings is 1. The molecule has 2 aromatic heterocycles. The lowest BCUT2D eigenvalue weighted by molar-refractivity contribution is 0.355. The summed E-state index contributed by atoms with van der Waals surface area (Å²) in [5.41, 5.74) is 4.90. The number of pyridine rings is 1. The first kappa shape index (κ1) is 15.8. The van der Waals surface area contributed by atoms with E-state index in [0.717, 1.165) is 30.0 Å². The average Bonchev–Trinajstić information content (AvgIpc) is 2.94. The first-order valence-corrected chi connectivity index (χ1v) is 8.67. The maximum absolute atomic E-state index is 5.37. The molecule has 0 saturated heterocycles. The molecule has 1 aliphatic rings. The molecule has 1 aromatic carbocycles. The van der Waals surface area contributed by atoms with E-state index in [1.54, 1.807) is 14.2 Å². The molecule has 1 N–H and O–H groups in total. The van der Waals surface area contributed by atoms with Gasteiger partial charge in [-0.25, -0.2) is 4.98 Å². The van der Waals surface area contributed by atoms with E-state index in [2.05, 4.69) is 23.0 Å². The summed E-state index contributed by atoms with van der Waals surface area (Å²) < 4.78 is 12.9. The molecule has 0 fully saturated rings. The average molecular weight is 337 g/mol. The fraction of sp³-hybridized carbons (Fsp3) is 0.350. The van der Waals surface area contributed by atoms with Crippen molar-refractivity contribution in [3.05, 3.63) is 41.6 Å². The molecule has 0 aliphatic heterocycles. The first-order valence-electron chi connectivity index (χ1n) is 8.67. The van der Waals surface area contributed by atoms with Gasteiger partial charge in [0.25, 0.3) is 0 Å². The summed E-state index contributed by atoms with van der Waals surface area (Å²) >= 11 is 0. The molecule has 0 saturated carbocycles. The topological polar surface area (TPSA) is 48.3 Å². The summed E-state index contributed by atoms with van der Waals surface area (Å²) in [5.74, 6) is 2.24. The van der Waals surface area contributed by atoms with Gasteiger partial charge in [0.05, 0.1) is 14.2 Å². The van der Waals surface area contributed by atoms with Gasteiger partial charge in [0.1, 0.15) is 11.5 Å². The van der Waals surface area contributed by atoms with E-state index in [0.29, 0.717) is 11.5 Å². The second-order valence-electron chi connectivity index (χ2n) is 6.45. The number of hydrogen-bond acceptors (Lipinski definition) is 4. The highest BCUT2D eigenvalue weighted by Crippen LogP contribution is 2.33. The largest absolute Gasteiger partial charge is 0.493 e. The lowest BCUT2D eigenvalue weighted by Gasteiger charge is -2.12. The van der Waals surface area contributed by atoms with E-state index < -0.39 is 0 Å². The minimum absolute atomic E-state index is 0.697. The second-order valence-corrected chi connectivity index (χ2v) is 6.45. The zero-order valence-electron chi connectivity index (χ0n) is 14.9. The van der Waals surface area contributed by atoms with Crippen molar-refractivity contribution in [2.24, 2.45) is 7.05 Å². The monoisotopic (exact) mass is 337 g/mol. The van der Waals surface area contributed by atoms with Crippen molar-refractivity contribution in [3.63, 3.8) is 0 Å². The predicted octanol–water partition coefficient (Wildman–Crippen LogP) is 4.21. The quantitative estimate of drug-likeness (QED) is 0.775. The molecular formula is C20H23N3O2. The zero-order valence-corrected chi connectivity index (χ0v) is 14.9. The van der Waals surface area contributed by atoms with Crippen LogP contribution in [0.15, 0.2) is 30.3 Å². The van der Waals surface area contributed by atoms with Gasteiger partial charge in [-0.2, -0.15) is 0 Å². The fourth-order valence-electron chi connectivity index (χ4n) is 3.75. The van der Waals surface area contributed by atoms with Crippen molar-refractivity contribution >= 4 is 22.5 Å². The Bertz CT molecular complexity index is 930. The number of hydrogen-bond donors (Lipinski definition) is 1. The standard InChI is InChI=1S/C20H23N3O2/c1-23-16-7-5-4-6-14(16)15-9-11-19(22-20(15)23)21-13-8-10-17(24-2)18(12-13)25-3/h8-12H,4-7H2,1-3H3,(H,21,22). The summed E-state index contributed by atoms with van der Waals surface area (Å²) in [5, 5.41) is 4.66. The van der Waals surface area contributed by atoms with Crippen molar-refractivity contribution in [2.75, 3.05) is 19.5 Å². The summed E-state index contributed by atoms with van der Waals surface area (Å²) in [4.78, 5) is 4.85. The third kappa shape index (κ3) is 2.69. The Morgan fingerprint density at radius 3 is 2.60 bits per heavy atom. The van der Waals surface area contributed by atoms with Crippen LogP contribution in [-0.4, -0.2) is 23.8 Å². The van der Waals surface area contributed by atoms with E-state index in [4.69, 9.17) is 14.5 Å². The molecule has 0 spiro atoms. The molecular weight excluding hydrogens is 314 g/mol. The smallest absolute Gasteiger partial charge is 0.162 e. The minimum atomic E-state index is 0.697. The van der Waals surface area contributed by atoms with E-state index in [9.17, 15) is 0 Å². The molecule has 5 nitrogen and oxygen atoms in total. The highest BCUT2D eigenvalue weighted by Gasteiger charge is 2.19. The summed E-state index contributed by atoms with van der Waals surface area (Å²) in [6.45, 7) is 0. The summed E-state index contributed by atoms with van der Waals surface area (Å²) in [6.07, 6.45) is 4.86. The maximum Gasteiger partial charge on any atom is 0.162 e. The van der Waals surface area contributed by atoms with Crippen LogP contribution in [0, 0.1) is 0 Å². The van der Waals surface area contributed by atoms with Crippen LogP contribution in [0.3, 0.4) is 0 Å². The van der Waals surface area contributed by atoms with Crippen molar-refractivity contribution in [2.45, 2.75) is 25.7 Å². The lowest BCUT2D eigenvalue weighted by atomic mass is 9.96. The van der Waals surface area contributed by atoms with Crippen LogP contribution in [0.25, 0.3) is 11.0 Å². The Kier molecular flexibility index (Phi) is 3.99. The molecule has 1 aliphatic carbocycles. The normalized spacial score (nSPS) is 13.6. The van der Waals surface area contributed by atoms with Crippen LogP contribution in [0.5, 0.6) is 11.5 Å². The van der Waals surface area contributed by atoms with Crippen LogP contribution in [0.4, 0.5) is 11.5 Å². The molecule has 0 amide bonds. The molecule has 4 rings (SSSR count). The number of anilines is 2. The van der Waals surface area contributed by atoms with Gasteiger partial charge in [0.2, 0.25) is 0 Å². The highest BCUT2D eigenvalue weighted by molar-refractivity contribution is 5.84. The van der Waals surface area contributed by atoms with Gasteiger partial charge in [0.15, 0.2) is 11.5 Å². The number of nitrogens with zero attached hydrogens (tertiary/aromatic N) is 2. The number of aryl methyl sites for hydroxylation is 2. The van der Waals surface area contributed by atoms with Crippen LogP contribution in [-0.2, 0) is 19.9 Å². The third-order valence-corrected chi connectivity index (χ3v) is 5.02. The number of aromatic nitrogens is 2. The second kappa shape index (κ2) is 6.31. The Balaban J connectivity index is 1.70. The van der Waals surface area contributed by atoms with Crippen LogP contribution < -0.4 is 14.8 Å². The van der Waals surface area contributed by atoms with Gasteiger partial charge in [-0.1, -0.05) is 0 Å². The molecule has 0 bridgehead atoms. The molecule has 0 unspecified atom stereocenters. The molecule has 0 atom stereocenters. The van der Waals surface area contributed by atoms with E-state index in [1.165, 1.54) is 29.5 Å². The van der Waals surface area contributed by atoms with Gasteiger partial charge in [-0.15, -0.1) is 0 Å². The van der Waals surface area contributed by atoms with Crippen molar-refractivity contribution < 1.29 is 9.47 Å². The van der Waals surface area contributed by atoms with Gasteiger partial charge >= 0.3 is 0 Å². The third-order valence-electron chi connectivity index (χ3n) is 5.02. The molecule has 5 heteroatoms. The molecule has 25 heavy (non-hydrogen) atoms. The number of fused-ring (bicyclic) bond motifs is 3. The van der Waals surface area contributed by atoms with Crippen molar-refractivity contribution in [1.82, 2.24) is 9.55 Å². The van der Waals surface area contributed by atoms with Gasteiger partial charge < -0.3 is 19.4 Å². The predicted molar refractivity (Wildman–Crippen MR) is 100 cm³/mol. The number of rotatable bonds is 4. The van der Waals surface area contributed by atoms with Gasteiger partial charge in [-0.05, 0) is 55.5 Å². The zero-order chi connectivity index (χ0) is 17.4. The molecule has 0 radical (unpaired) electrons. The van der Waals surface area contributed by atoms with E-state index >= 15 is 0 Å². The summed E-state index contributed by atoms with van der Waals surface area (Å²) in [7, 11) is 5.40. The van der Waals surface area contributed by atoms with Crippen LogP contribution >= 0.6 is 0 Å². The van der Waals surface area contributed by atoms with Crippen LogP contribution in [0.2, 0.25) is 0 Å². The fourth-order valence-corrected chi connectivity index (χ4v) is 3.75. The van der Waals surface area contributed by atoms with Crippen molar-refractivity contribution in [3.8, 4) is 11.5 Å². The Labute approximate surface area is 147 Å². The number of nitrogens with one attached hydrogen (secondary N) is 1. The number of ether oxygens (including phenoxy) is 2. The van der Waals surface area contributed by atoms with Crippen LogP contribution in [0.1, 0.15) is 24.1 Å².